The Labute approximate surface area is 151 Å². The van der Waals surface area contributed by atoms with Gasteiger partial charge in [0.1, 0.15) is 0 Å². The van der Waals surface area contributed by atoms with Crippen molar-refractivity contribution in [3.05, 3.63) is 34.9 Å². The molecule has 2 saturated heterocycles. The third kappa shape index (κ3) is 4.05. The molecular formula is C21H30N2O2. The van der Waals surface area contributed by atoms with Crippen molar-refractivity contribution in [1.29, 1.82) is 0 Å². The molecule has 3 rings (SSSR count). The van der Waals surface area contributed by atoms with E-state index in [9.17, 15) is 9.59 Å². The van der Waals surface area contributed by atoms with Crippen molar-refractivity contribution in [2.24, 2.45) is 5.92 Å². The van der Waals surface area contributed by atoms with Crippen LogP contribution in [0.3, 0.4) is 0 Å². The highest BCUT2D eigenvalue weighted by Gasteiger charge is 2.31. The third-order valence-corrected chi connectivity index (χ3v) is 5.88. The second-order valence-electron chi connectivity index (χ2n) is 7.55. The van der Waals surface area contributed by atoms with Crippen LogP contribution >= 0.6 is 0 Å². The molecule has 2 fully saturated rings. The largest absolute Gasteiger partial charge is 0.342 e. The van der Waals surface area contributed by atoms with Gasteiger partial charge in [-0.15, -0.1) is 0 Å². The minimum absolute atomic E-state index is 0.0979. The Morgan fingerprint density at radius 1 is 0.880 bits per heavy atom. The summed E-state index contributed by atoms with van der Waals surface area (Å²) in [7, 11) is 0. The summed E-state index contributed by atoms with van der Waals surface area (Å²) in [5.74, 6) is 0.531. The summed E-state index contributed by atoms with van der Waals surface area (Å²) in [5.41, 5.74) is 3.02. The van der Waals surface area contributed by atoms with Crippen LogP contribution in [-0.2, 0) is 4.79 Å². The lowest BCUT2D eigenvalue weighted by Crippen LogP contribution is -2.44. The number of piperidine rings is 1. The van der Waals surface area contributed by atoms with E-state index >= 15 is 0 Å². The quantitative estimate of drug-likeness (QED) is 0.824. The summed E-state index contributed by atoms with van der Waals surface area (Å²) < 4.78 is 0. The van der Waals surface area contributed by atoms with Crippen LogP contribution in [-0.4, -0.2) is 47.8 Å². The molecular weight excluding hydrogens is 312 g/mol. The van der Waals surface area contributed by atoms with E-state index in [-0.39, 0.29) is 11.8 Å². The van der Waals surface area contributed by atoms with Crippen molar-refractivity contribution < 1.29 is 9.59 Å². The molecule has 2 amide bonds. The standard InChI is InChI=1S/C21H30N2O2/c1-16-8-7-9-19(17(16)2)21(25)23-14-10-18(11-15-23)20(24)22-12-5-3-4-6-13-22/h7-9,18H,3-6,10-15H2,1-2H3. The van der Waals surface area contributed by atoms with Gasteiger partial charge in [-0.3, -0.25) is 9.59 Å². The second kappa shape index (κ2) is 8.03. The predicted octanol–water partition coefficient (Wildman–Crippen LogP) is 3.56. The molecule has 0 saturated carbocycles. The third-order valence-electron chi connectivity index (χ3n) is 5.88. The molecule has 1 aromatic carbocycles. The van der Waals surface area contributed by atoms with Gasteiger partial charge in [0, 0.05) is 37.7 Å². The highest BCUT2D eigenvalue weighted by Crippen LogP contribution is 2.24. The number of nitrogens with zero attached hydrogens (tertiary/aromatic N) is 2. The molecule has 0 bridgehead atoms. The van der Waals surface area contributed by atoms with Crippen LogP contribution in [0.25, 0.3) is 0 Å². The van der Waals surface area contributed by atoms with Crippen LogP contribution in [0.2, 0.25) is 0 Å². The number of hydrogen-bond acceptors (Lipinski definition) is 2. The number of rotatable bonds is 2. The normalized spacial score (nSPS) is 19.6. The van der Waals surface area contributed by atoms with Gasteiger partial charge in [-0.25, -0.2) is 0 Å². The minimum atomic E-state index is 0.0979. The first-order chi connectivity index (χ1) is 12.1. The first-order valence-electron chi connectivity index (χ1n) is 9.72. The topological polar surface area (TPSA) is 40.6 Å². The summed E-state index contributed by atoms with van der Waals surface area (Å²) in [6, 6.07) is 5.91. The van der Waals surface area contributed by atoms with E-state index in [0.29, 0.717) is 19.0 Å². The number of likely N-dealkylation sites (tertiary alicyclic amines) is 2. The molecule has 25 heavy (non-hydrogen) atoms. The summed E-state index contributed by atoms with van der Waals surface area (Å²) in [6.45, 7) is 7.27. The maximum absolute atomic E-state index is 12.8. The summed E-state index contributed by atoms with van der Waals surface area (Å²) in [4.78, 5) is 29.6. The molecule has 4 heteroatoms. The summed E-state index contributed by atoms with van der Waals surface area (Å²) in [5, 5.41) is 0. The molecule has 0 atom stereocenters. The molecule has 0 N–H and O–H groups in total. The molecule has 0 spiro atoms. The zero-order valence-electron chi connectivity index (χ0n) is 15.6. The first-order valence-corrected chi connectivity index (χ1v) is 9.72. The highest BCUT2D eigenvalue weighted by atomic mass is 16.2. The van der Waals surface area contributed by atoms with Gasteiger partial charge >= 0.3 is 0 Å². The Morgan fingerprint density at radius 3 is 2.16 bits per heavy atom. The van der Waals surface area contributed by atoms with Crippen LogP contribution in [0.1, 0.15) is 60.0 Å². The number of carbonyl (C=O) groups excluding carboxylic acids is 2. The summed E-state index contributed by atoms with van der Waals surface area (Å²) >= 11 is 0. The van der Waals surface area contributed by atoms with Gasteiger partial charge in [0.25, 0.3) is 5.91 Å². The van der Waals surface area contributed by atoms with Crippen molar-refractivity contribution in [3.8, 4) is 0 Å². The Kier molecular flexibility index (Phi) is 5.77. The predicted molar refractivity (Wildman–Crippen MR) is 99.6 cm³/mol. The van der Waals surface area contributed by atoms with Gasteiger partial charge in [0.05, 0.1) is 0 Å². The van der Waals surface area contributed by atoms with Crippen molar-refractivity contribution in [2.75, 3.05) is 26.2 Å². The van der Waals surface area contributed by atoms with Crippen LogP contribution in [0, 0.1) is 19.8 Å². The number of hydrogen-bond donors (Lipinski definition) is 0. The molecule has 0 aliphatic carbocycles. The molecule has 1 aromatic rings. The molecule has 0 unspecified atom stereocenters. The molecule has 4 nitrogen and oxygen atoms in total. The zero-order chi connectivity index (χ0) is 17.8. The smallest absolute Gasteiger partial charge is 0.254 e. The summed E-state index contributed by atoms with van der Waals surface area (Å²) in [6.07, 6.45) is 6.35. The van der Waals surface area contributed by atoms with Crippen LogP contribution in [0.5, 0.6) is 0 Å². The average molecular weight is 342 g/mol. The van der Waals surface area contributed by atoms with Gasteiger partial charge < -0.3 is 9.80 Å². The molecule has 2 aliphatic rings. The van der Waals surface area contributed by atoms with Crippen molar-refractivity contribution in [1.82, 2.24) is 9.80 Å². The zero-order valence-corrected chi connectivity index (χ0v) is 15.6. The molecule has 2 heterocycles. The van der Waals surface area contributed by atoms with Crippen molar-refractivity contribution in [3.63, 3.8) is 0 Å². The lowest BCUT2D eigenvalue weighted by atomic mass is 9.94. The molecule has 2 aliphatic heterocycles. The maximum atomic E-state index is 12.8. The Hall–Kier alpha value is -1.84. The number of amides is 2. The van der Waals surface area contributed by atoms with E-state index in [0.717, 1.165) is 55.5 Å². The fourth-order valence-corrected chi connectivity index (χ4v) is 4.03. The van der Waals surface area contributed by atoms with E-state index < -0.39 is 0 Å². The van der Waals surface area contributed by atoms with E-state index in [4.69, 9.17) is 0 Å². The van der Waals surface area contributed by atoms with E-state index in [1.54, 1.807) is 0 Å². The lowest BCUT2D eigenvalue weighted by molar-refractivity contribution is -0.136. The van der Waals surface area contributed by atoms with E-state index in [1.165, 1.54) is 12.8 Å². The van der Waals surface area contributed by atoms with Crippen molar-refractivity contribution >= 4 is 11.8 Å². The van der Waals surface area contributed by atoms with Gasteiger partial charge in [0.15, 0.2) is 0 Å². The SMILES string of the molecule is Cc1cccc(C(=O)N2CCC(C(=O)N3CCCCCC3)CC2)c1C. The highest BCUT2D eigenvalue weighted by molar-refractivity contribution is 5.96. The average Bonchev–Trinajstić information content (AvgIpc) is 2.92. The molecule has 0 radical (unpaired) electrons. The number of benzene rings is 1. The van der Waals surface area contributed by atoms with Gasteiger partial charge in [-0.05, 0) is 56.7 Å². The maximum Gasteiger partial charge on any atom is 0.254 e. The van der Waals surface area contributed by atoms with E-state index in [1.807, 2.05) is 36.9 Å². The Morgan fingerprint density at radius 2 is 1.52 bits per heavy atom. The van der Waals surface area contributed by atoms with Crippen LogP contribution in [0.4, 0.5) is 0 Å². The van der Waals surface area contributed by atoms with Crippen molar-refractivity contribution in [2.45, 2.75) is 52.4 Å². The second-order valence-corrected chi connectivity index (χ2v) is 7.55. The van der Waals surface area contributed by atoms with Gasteiger partial charge in [0.2, 0.25) is 5.91 Å². The minimum Gasteiger partial charge on any atom is -0.342 e. The number of carbonyl (C=O) groups is 2. The lowest BCUT2D eigenvalue weighted by Gasteiger charge is -2.34. The monoisotopic (exact) mass is 342 g/mol. The Balaban J connectivity index is 1.58. The fourth-order valence-electron chi connectivity index (χ4n) is 4.03. The van der Waals surface area contributed by atoms with Crippen LogP contribution < -0.4 is 0 Å². The molecule has 0 aromatic heterocycles. The van der Waals surface area contributed by atoms with E-state index in [2.05, 4.69) is 4.90 Å². The number of aryl methyl sites for hydroxylation is 1. The van der Waals surface area contributed by atoms with Crippen LogP contribution in [0.15, 0.2) is 18.2 Å². The molecule has 136 valence electrons. The fraction of sp³-hybridized carbons (Fsp3) is 0.619. The first kappa shape index (κ1) is 18.0. The Bertz CT molecular complexity index is 625. The van der Waals surface area contributed by atoms with Gasteiger partial charge in [-0.1, -0.05) is 25.0 Å². The van der Waals surface area contributed by atoms with Gasteiger partial charge in [-0.2, -0.15) is 0 Å².